The third kappa shape index (κ3) is 4.05. The molecule has 3 aromatic rings. The molecule has 1 atom stereocenters. The number of aromatic hydroxyl groups is 1. The number of amides is 1. The lowest BCUT2D eigenvalue weighted by Gasteiger charge is -2.26. The van der Waals surface area contributed by atoms with Gasteiger partial charge in [0.2, 0.25) is 0 Å². The van der Waals surface area contributed by atoms with Gasteiger partial charge in [-0.15, -0.1) is 0 Å². The number of carbonyl (C=O) groups is 2. The summed E-state index contributed by atoms with van der Waals surface area (Å²) in [6, 6.07) is 12.8. The number of Topliss-reactive ketones (excluding diaryl/α,β-unsaturated/α-hetero) is 1. The van der Waals surface area contributed by atoms with Crippen LogP contribution < -0.4 is 4.74 Å². The maximum atomic E-state index is 13.2. The summed E-state index contributed by atoms with van der Waals surface area (Å²) in [5, 5.41) is 21.4. The number of hydrogen-bond donors (Lipinski definition) is 2. The molecule has 33 heavy (non-hydrogen) atoms. The van der Waals surface area contributed by atoms with Crippen molar-refractivity contribution in [2.75, 3.05) is 7.11 Å². The van der Waals surface area contributed by atoms with Crippen LogP contribution in [0.4, 0.5) is 0 Å². The van der Waals surface area contributed by atoms with Gasteiger partial charge in [-0.1, -0.05) is 23.8 Å². The molecular formula is C26H24N2O5. The Morgan fingerprint density at radius 3 is 2.48 bits per heavy atom. The van der Waals surface area contributed by atoms with Crippen LogP contribution in [0.1, 0.15) is 33.9 Å². The van der Waals surface area contributed by atoms with Crippen LogP contribution in [0.3, 0.4) is 0 Å². The SMILES string of the molecule is COc1cc(C2/C(=C(\O)c3cc(C)ccc3C)C(=O)C(=O)N2Cc2ccncc2)ccc1O. The number of phenolic OH excluding ortho intramolecular Hbond substituents is 1. The van der Waals surface area contributed by atoms with Crippen LogP contribution >= 0.6 is 0 Å². The molecule has 1 fully saturated rings. The summed E-state index contributed by atoms with van der Waals surface area (Å²) < 4.78 is 5.24. The first-order valence-corrected chi connectivity index (χ1v) is 10.4. The van der Waals surface area contributed by atoms with Gasteiger partial charge in [-0.05, 0) is 60.9 Å². The molecule has 4 rings (SSSR count). The number of ether oxygens (including phenoxy) is 1. The van der Waals surface area contributed by atoms with Crippen molar-refractivity contribution in [2.45, 2.75) is 26.4 Å². The number of aliphatic hydroxyl groups excluding tert-OH is 1. The molecule has 1 amide bonds. The first-order chi connectivity index (χ1) is 15.8. The molecule has 0 spiro atoms. The zero-order valence-electron chi connectivity index (χ0n) is 18.6. The highest BCUT2D eigenvalue weighted by atomic mass is 16.5. The number of hydrogen-bond acceptors (Lipinski definition) is 6. The van der Waals surface area contributed by atoms with Gasteiger partial charge in [-0.25, -0.2) is 0 Å². The molecule has 2 aromatic carbocycles. The van der Waals surface area contributed by atoms with Gasteiger partial charge in [0.05, 0.1) is 18.7 Å². The Hall–Kier alpha value is -4.13. The van der Waals surface area contributed by atoms with Gasteiger partial charge in [-0.3, -0.25) is 14.6 Å². The molecule has 7 heteroatoms. The zero-order valence-corrected chi connectivity index (χ0v) is 18.6. The van der Waals surface area contributed by atoms with E-state index in [9.17, 15) is 19.8 Å². The predicted octanol–water partition coefficient (Wildman–Crippen LogP) is 4.03. The highest BCUT2D eigenvalue weighted by Crippen LogP contribution is 2.42. The van der Waals surface area contributed by atoms with E-state index in [1.807, 2.05) is 26.0 Å². The Balaban J connectivity index is 1.93. The average Bonchev–Trinajstić information content (AvgIpc) is 3.06. The number of phenols is 1. The first-order valence-electron chi connectivity index (χ1n) is 10.4. The fraction of sp³-hybridized carbons (Fsp3) is 0.192. The second-order valence-corrected chi connectivity index (χ2v) is 8.03. The lowest BCUT2D eigenvalue weighted by molar-refractivity contribution is -0.140. The van der Waals surface area contributed by atoms with E-state index in [1.54, 1.807) is 42.7 Å². The maximum Gasteiger partial charge on any atom is 0.295 e. The molecule has 2 heterocycles. The highest BCUT2D eigenvalue weighted by Gasteiger charge is 2.46. The van der Waals surface area contributed by atoms with Crippen LogP contribution in [-0.2, 0) is 16.1 Å². The van der Waals surface area contributed by atoms with Crippen LogP contribution in [0.5, 0.6) is 11.5 Å². The van der Waals surface area contributed by atoms with Crippen LogP contribution in [-0.4, -0.2) is 38.9 Å². The molecule has 0 saturated carbocycles. The van der Waals surface area contributed by atoms with Gasteiger partial charge in [-0.2, -0.15) is 0 Å². The summed E-state index contributed by atoms with van der Waals surface area (Å²) in [6.07, 6.45) is 3.22. The molecular weight excluding hydrogens is 420 g/mol. The number of nitrogens with zero attached hydrogens (tertiary/aromatic N) is 2. The van der Waals surface area contributed by atoms with E-state index < -0.39 is 17.7 Å². The van der Waals surface area contributed by atoms with E-state index in [-0.39, 0.29) is 29.4 Å². The fourth-order valence-corrected chi connectivity index (χ4v) is 4.07. The number of carbonyl (C=O) groups excluding carboxylic acids is 2. The van der Waals surface area contributed by atoms with E-state index in [2.05, 4.69) is 4.98 Å². The molecule has 1 saturated heterocycles. The summed E-state index contributed by atoms with van der Waals surface area (Å²) in [5.74, 6) is -1.57. The van der Waals surface area contributed by atoms with E-state index in [1.165, 1.54) is 18.1 Å². The lowest BCUT2D eigenvalue weighted by Crippen LogP contribution is -2.29. The Morgan fingerprint density at radius 1 is 1.06 bits per heavy atom. The number of likely N-dealkylation sites (tertiary alicyclic amines) is 1. The third-order valence-electron chi connectivity index (χ3n) is 5.81. The number of methoxy groups -OCH3 is 1. The van der Waals surface area contributed by atoms with Gasteiger partial charge >= 0.3 is 0 Å². The Kier molecular flexibility index (Phi) is 5.87. The number of benzene rings is 2. The molecule has 1 aliphatic rings. The second-order valence-electron chi connectivity index (χ2n) is 8.03. The van der Waals surface area contributed by atoms with Gasteiger partial charge in [0.1, 0.15) is 5.76 Å². The second kappa shape index (κ2) is 8.78. The van der Waals surface area contributed by atoms with Gasteiger partial charge in [0.25, 0.3) is 11.7 Å². The minimum Gasteiger partial charge on any atom is -0.507 e. The van der Waals surface area contributed by atoms with Crippen LogP contribution in [0.2, 0.25) is 0 Å². The maximum absolute atomic E-state index is 13.2. The summed E-state index contributed by atoms with van der Waals surface area (Å²) >= 11 is 0. The largest absolute Gasteiger partial charge is 0.507 e. The van der Waals surface area contributed by atoms with Crippen LogP contribution in [0, 0.1) is 13.8 Å². The van der Waals surface area contributed by atoms with Gasteiger partial charge < -0.3 is 19.8 Å². The zero-order chi connectivity index (χ0) is 23.7. The van der Waals surface area contributed by atoms with E-state index in [0.29, 0.717) is 11.1 Å². The molecule has 7 nitrogen and oxygen atoms in total. The van der Waals surface area contributed by atoms with E-state index in [0.717, 1.165) is 16.7 Å². The Labute approximate surface area is 191 Å². The molecule has 2 N–H and O–H groups in total. The average molecular weight is 444 g/mol. The summed E-state index contributed by atoms with van der Waals surface area (Å²) in [4.78, 5) is 31.8. The molecule has 1 aliphatic heterocycles. The molecule has 0 radical (unpaired) electrons. The minimum absolute atomic E-state index is 0.00417. The van der Waals surface area contributed by atoms with Crippen molar-refractivity contribution in [2.24, 2.45) is 0 Å². The van der Waals surface area contributed by atoms with Gasteiger partial charge in [0.15, 0.2) is 11.5 Å². The first kappa shape index (κ1) is 22.1. The van der Waals surface area contributed by atoms with Crippen molar-refractivity contribution < 1.29 is 24.5 Å². The summed E-state index contributed by atoms with van der Waals surface area (Å²) in [6.45, 7) is 3.87. The number of aryl methyl sites for hydroxylation is 2. The highest BCUT2D eigenvalue weighted by molar-refractivity contribution is 6.46. The third-order valence-corrected chi connectivity index (χ3v) is 5.81. The van der Waals surface area contributed by atoms with Crippen molar-refractivity contribution in [3.8, 4) is 11.5 Å². The smallest absolute Gasteiger partial charge is 0.295 e. The normalized spacial score (nSPS) is 17.4. The molecule has 1 aromatic heterocycles. The summed E-state index contributed by atoms with van der Waals surface area (Å²) in [7, 11) is 1.42. The Morgan fingerprint density at radius 2 is 1.79 bits per heavy atom. The lowest BCUT2D eigenvalue weighted by atomic mass is 9.93. The number of ketones is 1. The number of aliphatic hydroxyl groups is 1. The molecule has 0 aliphatic carbocycles. The van der Waals surface area contributed by atoms with Crippen LogP contribution in [0.25, 0.3) is 5.76 Å². The molecule has 0 bridgehead atoms. The van der Waals surface area contributed by atoms with Crippen molar-refractivity contribution in [1.29, 1.82) is 0 Å². The van der Waals surface area contributed by atoms with Crippen molar-refractivity contribution in [1.82, 2.24) is 9.88 Å². The number of rotatable bonds is 5. The van der Waals surface area contributed by atoms with E-state index >= 15 is 0 Å². The number of pyridine rings is 1. The quantitative estimate of drug-likeness (QED) is 0.350. The van der Waals surface area contributed by atoms with Crippen molar-refractivity contribution in [3.63, 3.8) is 0 Å². The van der Waals surface area contributed by atoms with Crippen molar-refractivity contribution >= 4 is 17.4 Å². The van der Waals surface area contributed by atoms with E-state index in [4.69, 9.17) is 4.74 Å². The minimum atomic E-state index is -0.868. The summed E-state index contributed by atoms with van der Waals surface area (Å²) in [5.41, 5.74) is 3.50. The van der Waals surface area contributed by atoms with Gasteiger partial charge in [0, 0.05) is 24.5 Å². The predicted molar refractivity (Wildman–Crippen MR) is 123 cm³/mol. The standard InChI is InChI=1S/C26H24N2O5/c1-15-4-5-16(2)19(12-15)24(30)22-23(18-6-7-20(29)21(13-18)33-3)28(26(32)25(22)31)14-17-8-10-27-11-9-17/h4-13,23,29-30H,14H2,1-3H3/b24-22+. The fourth-order valence-electron chi connectivity index (χ4n) is 4.07. The monoisotopic (exact) mass is 444 g/mol. The topological polar surface area (TPSA) is 100.0 Å². The Bertz CT molecular complexity index is 1270. The van der Waals surface area contributed by atoms with Crippen LogP contribution in [0.15, 0.2) is 66.5 Å². The molecule has 1 unspecified atom stereocenters. The number of aromatic nitrogens is 1. The molecule has 168 valence electrons. The van der Waals surface area contributed by atoms with Crippen molar-refractivity contribution in [3.05, 3.63) is 94.3 Å².